The minimum Gasteiger partial charge on any atom is -0.491 e. The number of hydrogen-bond acceptors (Lipinski definition) is 6. The predicted octanol–water partition coefficient (Wildman–Crippen LogP) is 3.50. The minimum atomic E-state index is -0.964. The van der Waals surface area contributed by atoms with Gasteiger partial charge in [0.25, 0.3) is 0 Å². The molecule has 7 nitrogen and oxygen atoms in total. The molecule has 3 aromatic carbocycles. The maximum Gasteiger partial charge on any atom is 0.335 e. The van der Waals surface area contributed by atoms with E-state index in [1.54, 1.807) is 24.3 Å². The second-order valence-electron chi connectivity index (χ2n) is 8.56. The SMILES string of the molecule is C[C@H](Cc1ccc(C(=O)O)cc1)N(C[C@H](O)COc1ccccc1)C[C@H](O)COc1ccccc1. The molecule has 3 atom stereocenters. The summed E-state index contributed by atoms with van der Waals surface area (Å²) in [4.78, 5) is 13.1. The van der Waals surface area contributed by atoms with Gasteiger partial charge >= 0.3 is 5.97 Å². The van der Waals surface area contributed by atoms with Crippen molar-refractivity contribution in [3.05, 3.63) is 96.1 Å². The van der Waals surface area contributed by atoms with Crippen LogP contribution >= 0.6 is 0 Å². The largest absolute Gasteiger partial charge is 0.491 e. The fraction of sp³-hybridized carbons (Fsp3) is 0.321. The average Bonchev–Trinajstić information content (AvgIpc) is 2.87. The third kappa shape index (κ3) is 9.05. The highest BCUT2D eigenvalue weighted by atomic mass is 16.5. The standard InChI is InChI=1S/C28H33NO6/c1-21(16-22-12-14-23(15-13-22)28(32)33)29(17-24(30)19-34-26-8-4-2-5-9-26)18-25(31)20-35-27-10-6-3-7-11-27/h2-15,21,24-25,30-31H,16-20H2,1H3,(H,32,33)/t21-,24+,25+/m1/s1. The van der Waals surface area contributed by atoms with Gasteiger partial charge in [0.05, 0.1) is 5.56 Å². The molecule has 0 saturated carbocycles. The van der Waals surface area contributed by atoms with Gasteiger partial charge in [-0.2, -0.15) is 0 Å². The Labute approximate surface area is 206 Å². The molecule has 0 radical (unpaired) electrons. The van der Waals surface area contributed by atoms with E-state index in [0.717, 1.165) is 5.56 Å². The van der Waals surface area contributed by atoms with Crippen LogP contribution in [0.3, 0.4) is 0 Å². The van der Waals surface area contributed by atoms with E-state index in [2.05, 4.69) is 0 Å². The number of rotatable bonds is 14. The zero-order valence-corrected chi connectivity index (χ0v) is 19.9. The summed E-state index contributed by atoms with van der Waals surface area (Å²) in [7, 11) is 0. The molecule has 0 unspecified atom stereocenters. The topological polar surface area (TPSA) is 99.5 Å². The van der Waals surface area contributed by atoms with Crippen molar-refractivity contribution in [3.63, 3.8) is 0 Å². The van der Waals surface area contributed by atoms with Gasteiger partial charge in [0.2, 0.25) is 0 Å². The van der Waals surface area contributed by atoms with Crippen molar-refractivity contribution in [3.8, 4) is 11.5 Å². The van der Waals surface area contributed by atoms with Crippen molar-refractivity contribution >= 4 is 5.97 Å². The van der Waals surface area contributed by atoms with Crippen LogP contribution in [0.25, 0.3) is 0 Å². The van der Waals surface area contributed by atoms with Crippen molar-refractivity contribution < 1.29 is 29.6 Å². The fourth-order valence-electron chi connectivity index (χ4n) is 3.75. The lowest BCUT2D eigenvalue weighted by Crippen LogP contribution is -2.46. The number of carboxylic acid groups (broad SMARTS) is 1. The third-order valence-electron chi connectivity index (χ3n) is 5.62. The number of ether oxygens (including phenoxy) is 2. The number of carbonyl (C=O) groups is 1. The lowest BCUT2D eigenvalue weighted by molar-refractivity contribution is 0.0167. The smallest absolute Gasteiger partial charge is 0.335 e. The van der Waals surface area contributed by atoms with Crippen LogP contribution in [0.15, 0.2) is 84.9 Å². The van der Waals surface area contributed by atoms with Crippen molar-refractivity contribution in [1.82, 2.24) is 4.90 Å². The van der Waals surface area contributed by atoms with E-state index in [1.807, 2.05) is 72.5 Å². The first-order chi connectivity index (χ1) is 16.9. The summed E-state index contributed by atoms with van der Waals surface area (Å²) >= 11 is 0. The highest BCUT2D eigenvalue weighted by Crippen LogP contribution is 2.15. The van der Waals surface area contributed by atoms with E-state index in [9.17, 15) is 15.0 Å². The molecular weight excluding hydrogens is 446 g/mol. The molecule has 186 valence electrons. The average molecular weight is 480 g/mol. The molecule has 7 heteroatoms. The summed E-state index contributed by atoms with van der Waals surface area (Å²) in [5.41, 5.74) is 1.21. The number of carboxylic acids is 1. The highest BCUT2D eigenvalue weighted by molar-refractivity contribution is 5.87. The zero-order valence-electron chi connectivity index (χ0n) is 19.9. The Kier molecular flexibility index (Phi) is 10.1. The summed E-state index contributed by atoms with van der Waals surface area (Å²) in [6, 6.07) is 25.3. The fourth-order valence-corrected chi connectivity index (χ4v) is 3.75. The number of hydrogen-bond donors (Lipinski definition) is 3. The van der Waals surface area contributed by atoms with Crippen LogP contribution in [-0.2, 0) is 6.42 Å². The maximum atomic E-state index is 11.1. The van der Waals surface area contributed by atoms with Gasteiger partial charge < -0.3 is 24.8 Å². The van der Waals surface area contributed by atoms with Gasteiger partial charge in [0.1, 0.15) is 36.9 Å². The number of aliphatic hydroxyl groups is 2. The van der Waals surface area contributed by atoms with Gasteiger partial charge in [-0.1, -0.05) is 48.5 Å². The molecule has 0 aromatic heterocycles. The Morgan fingerprint density at radius 2 is 1.23 bits per heavy atom. The Morgan fingerprint density at radius 3 is 1.66 bits per heavy atom. The number of nitrogens with zero attached hydrogens (tertiary/aromatic N) is 1. The van der Waals surface area contributed by atoms with E-state index in [0.29, 0.717) is 31.0 Å². The maximum absolute atomic E-state index is 11.1. The van der Waals surface area contributed by atoms with E-state index in [1.165, 1.54) is 0 Å². The second kappa shape index (κ2) is 13.5. The van der Waals surface area contributed by atoms with Gasteiger partial charge in [-0.3, -0.25) is 4.90 Å². The first-order valence-corrected chi connectivity index (χ1v) is 11.7. The molecule has 35 heavy (non-hydrogen) atoms. The molecule has 0 fully saturated rings. The van der Waals surface area contributed by atoms with Gasteiger partial charge in [0, 0.05) is 19.1 Å². The summed E-state index contributed by atoms with van der Waals surface area (Å²) in [6.45, 7) is 2.85. The molecule has 0 aliphatic carbocycles. The summed E-state index contributed by atoms with van der Waals surface area (Å²) in [6.07, 6.45) is -0.915. The van der Waals surface area contributed by atoms with E-state index >= 15 is 0 Å². The summed E-state index contributed by atoms with van der Waals surface area (Å²) in [5.74, 6) is 0.399. The van der Waals surface area contributed by atoms with Crippen LogP contribution in [0.2, 0.25) is 0 Å². The van der Waals surface area contributed by atoms with E-state index in [-0.39, 0.29) is 24.8 Å². The molecule has 0 saturated heterocycles. The lowest BCUT2D eigenvalue weighted by Gasteiger charge is -2.32. The Hall–Kier alpha value is -3.39. The molecule has 0 heterocycles. The molecule has 0 spiro atoms. The molecule has 0 bridgehead atoms. The molecule has 0 amide bonds. The van der Waals surface area contributed by atoms with Gasteiger partial charge in [-0.15, -0.1) is 0 Å². The van der Waals surface area contributed by atoms with Crippen molar-refractivity contribution in [2.75, 3.05) is 26.3 Å². The summed E-state index contributed by atoms with van der Waals surface area (Å²) < 4.78 is 11.4. The molecule has 3 rings (SSSR count). The first-order valence-electron chi connectivity index (χ1n) is 11.7. The molecular formula is C28H33NO6. The molecule has 3 N–H and O–H groups in total. The Bertz CT molecular complexity index is 961. The quantitative estimate of drug-likeness (QED) is 0.325. The molecule has 0 aliphatic rings. The minimum absolute atomic E-state index is 0.0385. The van der Waals surface area contributed by atoms with Gasteiger partial charge in [0.15, 0.2) is 0 Å². The second-order valence-corrected chi connectivity index (χ2v) is 8.56. The summed E-state index contributed by atoms with van der Waals surface area (Å²) in [5, 5.41) is 30.5. The van der Waals surface area contributed by atoms with Crippen LogP contribution in [-0.4, -0.2) is 70.7 Å². The highest BCUT2D eigenvalue weighted by Gasteiger charge is 2.22. The van der Waals surface area contributed by atoms with Crippen LogP contribution in [0.1, 0.15) is 22.8 Å². The van der Waals surface area contributed by atoms with Crippen LogP contribution < -0.4 is 9.47 Å². The zero-order chi connectivity index (χ0) is 25.0. The normalized spacial score (nSPS) is 13.7. The molecule has 3 aromatic rings. The van der Waals surface area contributed by atoms with Crippen LogP contribution in [0, 0.1) is 0 Å². The van der Waals surface area contributed by atoms with E-state index < -0.39 is 18.2 Å². The van der Waals surface area contributed by atoms with Gasteiger partial charge in [-0.05, 0) is 55.3 Å². The lowest BCUT2D eigenvalue weighted by atomic mass is 10.0. The van der Waals surface area contributed by atoms with Crippen molar-refractivity contribution in [2.24, 2.45) is 0 Å². The third-order valence-corrected chi connectivity index (χ3v) is 5.62. The Balaban J connectivity index is 1.61. The van der Waals surface area contributed by atoms with Gasteiger partial charge in [-0.25, -0.2) is 4.79 Å². The number of benzene rings is 3. The number of aromatic carboxylic acids is 1. The van der Waals surface area contributed by atoms with Crippen molar-refractivity contribution in [2.45, 2.75) is 31.6 Å². The predicted molar refractivity (Wildman–Crippen MR) is 134 cm³/mol. The monoisotopic (exact) mass is 479 g/mol. The van der Waals surface area contributed by atoms with Crippen molar-refractivity contribution in [1.29, 1.82) is 0 Å². The van der Waals surface area contributed by atoms with Crippen LogP contribution in [0.4, 0.5) is 0 Å². The van der Waals surface area contributed by atoms with Crippen LogP contribution in [0.5, 0.6) is 11.5 Å². The number of para-hydroxylation sites is 2. The molecule has 0 aliphatic heterocycles. The first kappa shape index (κ1) is 26.2. The van der Waals surface area contributed by atoms with E-state index in [4.69, 9.17) is 14.6 Å². The number of aliphatic hydroxyl groups excluding tert-OH is 2. The Morgan fingerprint density at radius 1 is 0.771 bits per heavy atom.